The van der Waals surface area contributed by atoms with Crippen molar-refractivity contribution < 1.29 is 19.4 Å². The van der Waals surface area contributed by atoms with E-state index in [4.69, 9.17) is 4.74 Å². The second kappa shape index (κ2) is 12.8. The van der Waals surface area contributed by atoms with Gasteiger partial charge in [-0.1, -0.05) is 114 Å². The number of hydrogen-bond acceptors (Lipinski definition) is 5. The third-order valence-corrected chi connectivity index (χ3v) is 9.19. The van der Waals surface area contributed by atoms with Crippen molar-refractivity contribution >= 4 is 11.9 Å². The molecule has 0 aliphatic carbocycles. The predicted octanol–water partition coefficient (Wildman–Crippen LogP) is 6.86. The zero-order valence-corrected chi connectivity index (χ0v) is 28.1. The molecular formula is C38H46N4O4. The van der Waals surface area contributed by atoms with Crippen molar-refractivity contribution in [3.8, 4) is 17.0 Å². The molecule has 0 bridgehead atoms. The number of carbonyl (C=O) groups excluding carboxylic acids is 1. The molecule has 1 amide bonds. The van der Waals surface area contributed by atoms with Gasteiger partial charge in [0.1, 0.15) is 11.8 Å². The number of carboxylic acids is 1. The van der Waals surface area contributed by atoms with Crippen LogP contribution < -0.4 is 10.1 Å². The smallest absolute Gasteiger partial charge is 0.326 e. The monoisotopic (exact) mass is 622 g/mol. The molecule has 1 saturated heterocycles. The molecular weight excluding hydrogens is 576 g/mol. The van der Waals surface area contributed by atoms with Crippen molar-refractivity contribution in [3.63, 3.8) is 0 Å². The van der Waals surface area contributed by atoms with Crippen LogP contribution in [0.3, 0.4) is 0 Å². The van der Waals surface area contributed by atoms with Crippen LogP contribution in [0.2, 0.25) is 0 Å². The number of likely N-dealkylation sites (tertiary alicyclic amines) is 1. The van der Waals surface area contributed by atoms with Gasteiger partial charge < -0.3 is 20.1 Å². The van der Waals surface area contributed by atoms with Gasteiger partial charge in [0, 0.05) is 36.7 Å². The Kier molecular flexibility index (Phi) is 9.14. The van der Waals surface area contributed by atoms with Crippen LogP contribution in [0.15, 0.2) is 85.1 Å². The van der Waals surface area contributed by atoms with E-state index in [2.05, 4.69) is 64.1 Å². The Morgan fingerprint density at radius 3 is 2.13 bits per heavy atom. The highest BCUT2D eigenvalue weighted by Crippen LogP contribution is 2.49. The van der Waals surface area contributed by atoms with Crippen LogP contribution in [0, 0.1) is 11.3 Å². The highest BCUT2D eigenvalue weighted by Gasteiger charge is 2.58. The fourth-order valence-corrected chi connectivity index (χ4v) is 6.99. The zero-order valence-electron chi connectivity index (χ0n) is 28.1. The number of carboxylic acid groups (broad SMARTS) is 1. The largest absolute Gasteiger partial charge is 0.496 e. The Labute approximate surface area is 272 Å². The first kappa shape index (κ1) is 32.9. The number of ether oxygens (including phenoxy) is 1. The normalized spacial score (nSPS) is 20.1. The number of aromatic nitrogens is 2. The molecule has 0 saturated carbocycles. The van der Waals surface area contributed by atoms with Gasteiger partial charge >= 0.3 is 5.97 Å². The molecule has 1 aliphatic heterocycles. The first-order chi connectivity index (χ1) is 21.7. The lowest BCUT2D eigenvalue weighted by Crippen LogP contribution is -2.48. The molecule has 1 aliphatic rings. The van der Waals surface area contributed by atoms with E-state index in [0.29, 0.717) is 17.8 Å². The number of aryl methyl sites for hydroxylation is 1. The third kappa shape index (κ3) is 6.31. The molecule has 242 valence electrons. The van der Waals surface area contributed by atoms with E-state index >= 15 is 0 Å². The average molecular weight is 623 g/mol. The molecule has 0 unspecified atom stereocenters. The van der Waals surface area contributed by atoms with Gasteiger partial charge in [0.2, 0.25) is 0 Å². The summed E-state index contributed by atoms with van der Waals surface area (Å²) >= 11 is 0. The Morgan fingerprint density at radius 2 is 1.57 bits per heavy atom. The molecule has 3 aromatic carbocycles. The van der Waals surface area contributed by atoms with Crippen molar-refractivity contribution in [1.29, 1.82) is 0 Å². The molecule has 8 nitrogen and oxygen atoms in total. The van der Waals surface area contributed by atoms with Gasteiger partial charge in [0.05, 0.1) is 30.6 Å². The van der Waals surface area contributed by atoms with Crippen molar-refractivity contribution in [3.05, 3.63) is 107 Å². The number of hydrogen-bond donors (Lipinski definition) is 2. The van der Waals surface area contributed by atoms with Gasteiger partial charge in [-0.05, 0) is 28.0 Å². The van der Waals surface area contributed by atoms with E-state index in [1.165, 1.54) is 5.56 Å². The molecule has 4 aromatic rings. The third-order valence-electron chi connectivity index (χ3n) is 9.19. The number of methoxy groups -OCH3 is 1. The summed E-state index contributed by atoms with van der Waals surface area (Å²) < 4.78 is 7.44. The van der Waals surface area contributed by atoms with E-state index in [1.54, 1.807) is 29.9 Å². The lowest BCUT2D eigenvalue weighted by atomic mass is 9.72. The summed E-state index contributed by atoms with van der Waals surface area (Å²) in [7, 11) is 3.46. The van der Waals surface area contributed by atoms with Crippen molar-refractivity contribution in [1.82, 2.24) is 20.0 Å². The first-order valence-corrected chi connectivity index (χ1v) is 15.8. The highest BCUT2D eigenvalue weighted by molar-refractivity contribution is 6.02. The molecule has 2 heterocycles. The summed E-state index contributed by atoms with van der Waals surface area (Å²) in [6.45, 7) is 13.1. The second-order valence-corrected chi connectivity index (χ2v) is 14.3. The Hall–Kier alpha value is -4.43. The van der Waals surface area contributed by atoms with Gasteiger partial charge in [0.25, 0.3) is 5.91 Å². The molecule has 5 rings (SSSR count). The second-order valence-electron chi connectivity index (χ2n) is 14.3. The Bertz CT molecular complexity index is 1690. The first-order valence-electron chi connectivity index (χ1n) is 15.8. The standard InChI is InChI=1S/C38H46N4O4/c1-37(2,3)27-19-20-29(46-8)26(21-27)22-39-31-30(38(4,5)6)34(36(44)45)42(33(31)25-17-13-10-14-18-25)35(43)28-23-40-41(7)32(28)24-15-11-9-12-16-24/h9-21,23,30-31,33-34,39H,22H2,1-8H3,(H,44,45)/t30-,31-,33-,34-/m0/s1. The maximum Gasteiger partial charge on any atom is 0.326 e. The van der Waals surface area contributed by atoms with Crippen LogP contribution >= 0.6 is 0 Å². The molecule has 0 radical (unpaired) electrons. The van der Waals surface area contributed by atoms with E-state index in [9.17, 15) is 14.7 Å². The van der Waals surface area contributed by atoms with Crippen LogP contribution in [0.25, 0.3) is 11.3 Å². The van der Waals surface area contributed by atoms with E-state index < -0.39 is 35.4 Å². The summed E-state index contributed by atoms with van der Waals surface area (Å²) in [5.41, 5.74) is 4.33. The van der Waals surface area contributed by atoms with Crippen molar-refractivity contribution in [2.45, 2.75) is 71.6 Å². The molecule has 46 heavy (non-hydrogen) atoms. The van der Waals surface area contributed by atoms with E-state index in [0.717, 1.165) is 22.4 Å². The average Bonchev–Trinajstić information content (AvgIpc) is 3.58. The quantitative estimate of drug-likeness (QED) is 0.223. The molecule has 1 aromatic heterocycles. The lowest BCUT2D eigenvalue weighted by molar-refractivity contribution is -0.144. The van der Waals surface area contributed by atoms with Crippen molar-refractivity contribution in [2.75, 3.05) is 7.11 Å². The van der Waals surface area contributed by atoms with Gasteiger partial charge in [0.15, 0.2) is 0 Å². The number of carbonyl (C=O) groups is 2. The summed E-state index contributed by atoms with van der Waals surface area (Å²) in [6.07, 6.45) is 1.56. The number of amides is 1. The number of nitrogens with one attached hydrogen (secondary N) is 1. The van der Waals surface area contributed by atoms with Crippen LogP contribution in [0.1, 0.15) is 74.6 Å². The Balaban J connectivity index is 1.66. The molecule has 0 spiro atoms. The zero-order chi connectivity index (χ0) is 33.4. The summed E-state index contributed by atoms with van der Waals surface area (Å²) in [5.74, 6) is -1.07. The van der Waals surface area contributed by atoms with Crippen LogP contribution in [0.4, 0.5) is 0 Å². The van der Waals surface area contributed by atoms with Gasteiger partial charge in [-0.15, -0.1) is 0 Å². The SMILES string of the molecule is COc1ccc(C(C)(C)C)cc1CN[C@H]1[C@H](C(C)(C)C)[C@@H](C(=O)O)N(C(=O)c2cnn(C)c2-c2ccccc2)[C@H]1c1ccccc1. The fourth-order valence-electron chi connectivity index (χ4n) is 6.99. The minimum absolute atomic E-state index is 0.0628. The minimum atomic E-state index is -1.10. The van der Waals surface area contributed by atoms with Crippen molar-refractivity contribution in [2.24, 2.45) is 18.4 Å². The number of nitrogens with zero attached hydrogens (tertiary/aromatic N) is 3. The fraction of sp³-hybridized carbons (Fsp3) is 0.395. The van der Waals surface area contributed by atoms with Gasteiger partial charge in [-0.25, -0.2) is 4.79 Å². The molecule has 1 fully saturated rings. The van der Waals surface area contributed by atoms with Crippen LogP contribution in [-0.2, 0) is 23.8 Å². The number of benzene rings is 3. The highest BCUT2D eigenvalue weighted by atomic mass is 16.5. The topological polar surface area (TPSA) is 96.7 Å². The molecule has 8 heteroatoms. The maximum atomic E-state index is 14.9. The molecule has 2 N–H and O–H groups in total. The van der Waals surface area contributed by atoms with E-state index in [-0.39, 0.29) is 11.3 Å². The summed E-state index contributed by atoms with van der Waals surface area (Å²) in [5, 5.41) is 19.1. The van der Waals surface area contributed by atoms with Crippen LogP contribution in [-0.4, -0.2) is 50.9 Å². The number of rotatable bonds is 8. The minimum Gasteiger partial charge on any atom is -0.496 e. The molecule has 4 atom stereocenters. The Morgan fingerprint density at radius 1 is 0.935 bits per heavy atom. The summed E-state index contributed by atoms with van der Waals surface area (Å²) in [6, 6.07) is 23.5. The van der Waals surface area contributed by atoms with Gasteiger partial charge in [-0.2, -0.15) is 5.10 Å². The maximum absolute atomic E-state index is 14.9. The van der Waals surface area contributed by atoms with E-state index in [1.807, 2.05) is 66.7 Å². The lowest BCUT2D eigenvalue weighted by Gasteiger charge is -2.35. The summed E-state index contributed by atoms with van der Waals surface area (Å²) in [4.78, 5) is 29.8. The predicted molar refractivity (Wildman–Crippen MR) is 181 cm³/mol. The number of aliphatic carboxylic acids is 1. The van der Waals surface area contributed by atoms with Crippen LogP contribution in [0.5, 0.6) is 5.75 Å². The van der Waals surface area contributed by atoms with Gasteiger partial charge in [-0.3, -0.25) is 9.48 Å².